The van der Waals surface area contributed by atoms with E-state index >= 15 is 0 Å². The summed E-state index contributed by atoms with van der Waals surface area (Å²) in [5, 5.41) is 19.8. The van der Waals surface area contributed by atoms with E-state index in [1.807, 2.05) is 0 Å². The molecule has 1 N–H and O–H groups in total. The Morgan fingerprint density at radius 1 is 1.25 bits per heavy atom. The van der Waals surface area contributed by atoms with Crippen LogP contribution in [0.15, 0.2) is 45.8 Å². The van der Waals surface area contributed by atoms with E-state index in [0.717, 1.165) is 11.1 Å². The Bertz CT molecular complexity index is 695. The first kappa shape index (κ1) is 14.4. The van der Waals surface area contributed by atoms with E-state index in [9.17, 15) is 14.9 Å². The second-order valence-electron chi connectivity index (χ2n) is 4.21. The molecule has 0 aliphatic carbocycles. The topological polar surface area (TPSA) is 85.4 Å². The molecule has 2 aromatic rings. The van der Waals surface area contributed by atoms with Crippen LogP contribution in [0.1, 0.15) is 11.1 Å². The Labute approximate surface area is 122 Å². The van der Waals surface area contributed by atoms with Crippen LogP contribution < -0.4 is 5.56 Å². The summed E-state index contributed by atoms with van der Waals surface area (Å²) in [4.78, 5) is 22.1. The van der Waals surface area contributed by atoms with E-state index in [0.29, 0.717) is 4.47 Å². The first-order valence-corrected chi connectivity index (χ1v) is 6.53. The highest BCUT2D eigenvalue weighted by atomic mass is 79.9. The molecular weight excluding hydrogens is 328 g/mol. The summed E-state index contributed by atoms with van der Waals surface area (Å²) < 4.78 is 1.74. The lowest BCUT2D eigenvalue weighted by Gasteiger charge is -2.07. The van der Waals surface area contributed by atoms with Crippen molar-refractivity contribution < 1.29 is 10.0 Å². The van der Waals surface area contributed by atoms with E-state index in [-0.39, 0.29) is 13.2 Å². The van der Waals surface area contributed by atoms with E-state index < -0.39 is 16.2 Å². The van der Waals surface area contributed by atoms with Crippen molar-refractivity contribution in [2.45, 2.75) is 13.2 Å². The van der Waals surface area contributed by atoms with Crippen LogP contribution in [-0.4, -0.2) is 14.6 Å². The van der Waals surface area contributed by atoms with E-state index in [2.05, 4.69) is 15.9 Å². The predicted molar refractivity (Wildman–Crippen MR) is 76.5 cm³/mol. The minimum absolute atomic E-state index is 0.0530. The first-order valence-electron chi connectivity index (χ1n) is 5.74. The van der Waals surface area contributed by atoms with Crippen molar-refractivity contribution in [2.24, 2.45) is 0 Å². The van der Waals surface area contributed by atoms with Gasteiger partial charge in [-0.2, -0.15) is 0 Å². The smallest absolute Gasteiger partial charge is 0.335 e. The summed E-state index contributed by atoms with van der Waals surface area (Å²) in [6.07, 6.45) is 1.51. The van der Waals surface area contributed by atoms with Gasteiger partial charge >= 0.3 is 11.2 Å². The van der Waals surface area contributed by atoms with Crippen molar-refractivity contribution >= 4 is 21.6 Å². The molecule has 0 aliphatic heterocycles. The molecule has 7 heteroatoms. The van der Waals surface area contributed by atoms with Crippen LogP contribution in [0, 0.1) is 10.1 Å². The molecule has 1 heterocycles. The average Bonchev–Trinajstić information content (AvgIpc) is 2.43. The van der Waals surface area contributed by atoms with Crippen molar-refractivity contribution in [1.82, 2.24) is 4.57 Å². The maximum atomic E-state index is 12.0. The summed E-state index contributed by atoms with van der Waals surface area (Å²) in [6, 6.07) is 8.21. The van der Waals surface area contributed by atoms with Gasteiger partial charge in [0.15, 0.2) is 0 Å². The molecule has 20 heavy (non-hydrogen) atoms. The number of hydrogen-bond donors (Lipinski definition) is 1. The Balaban J connectivity index is 2.37. The fourth-order valence-electron chi connectivity index (χ4n) is 1.78. The third kappa shape index (κ3) is 3.12. The molecule has 104 valence electrons. The first-order chi connectivity index (χ1) is 9.51. The van der Waals surface area contributed by atoms with Gasteiger partial charge in [0, 0.05) is 16.7 Å². The fraction of sp³-hybridized carbons (Fsp3) is 0.154. The summed E-state index contributed by atoms with van der Waals surface area (Å²) >= 11 is 3.15. The lowest BCUT2D eigenvalue weighted by atomic mass is 10.1. The van der Waals surface area contributed by atoms with Crippen LogP contribution in [0.25, 0.3) is 0 Å². The summed E-state index contributed by atoms with van der Waals surface area (Å²) in [5.41, 5.74) is 0.466. The van der Waals surface area contributed by atoms with Gasteiger partial charge in [0.05, 0.1) is 18.1 Å². The molecule has 2 rings (SSSR count). The molecule has 1 aromatic carbocycles. The zero-order chi connectivity index (χ0) is 14.7. The average molecular weight is 339 g/mol. The van der Waals surface area contributed by atoms with Crippen LogP contribution >= 0.6 is 15.9 Å². The summed E-state index contributed by atoms with van der Waals surface area (Å²) in [5.74, 6) is 0. The predicted octanol–water partition coefficient (Wildman–Crippen LogP) is 2.06. The molecule has 6 nitrogen and oxygen atoms in total. The molecule has 0 radical (unpaired) electrons. The second-order valence-corrected chi connectivity index (χ2v) is 5.12. The Kier molecular flexibility index (Phi) is 4.31. The number of rotatable bonds is 4. The van der Waals surface area contributed by atoms with Gasteiger partial charge in [-0.25, -0.2) is 0 Å². The Hall–Kier alpha value is -1.99. The van der Waals surface area contributed by atoms with Crippen molar-refractivity contribution in [1.29, 1.82) is 0 Å². The van der Waals surface area contributed by atoms with Crippen molar-refractivity contribution in [3.63, 3.8) is 0 Å². The van der Waals surface area contributed by atoms with Gasteiger partial charge in [0.25, 0.3) is 0 Å². The van der Waals surface area contributed by atoms with Gasteiger partial charge in [-0.1, -0.05) is 24.3 Å². The number of benzene rings is 1. The number of aromatic nitrogens is 1. The molecule has 0 saturated carbocycles. The zero-order valence-corrected chi connectivity index (χ0v) is 11.9. The number of hydrogen-bond acceptors (Lipinski definition) is 4. The molecule has 0 bridgehead atoms. The molecule has 0 amide bonds. The molecule has 0 atom stereocenters. The van der Waals surface area contributed by atoms with Crippen LogP contribution in [0.4, 0.5) is 5.69 Å². The van der Waals surface area contributed by atoms with Crippen LogP contribution in [-0.2, 0) is 13.2 Å². The van der Waals surface area contributed by atoms with Crippen LogP contribution in [0.5, 0.6) is 0 Å². The van der Waals surface area contributed by atoms with Gasteiger partial charge in [-0.3, -0.25) is 14.9 Å². The highest BCUT2D eigenvalue weighted by Crippen LogP contribution is 2.15. The number of pyridine rings is 1. The second kappa shape index (κ2) is 5.98. The van der Waals surface area contributed by atoms with E-state index in [4.69, 9.17) is 5.11 Å². The summed E-state index contributed by atoms with van der Waals surface area (Å²) in [7, 11) is 0. The summed E-state index contributed by atoms with van der Waals surface area (Å²) in [6.45, 7) is 0.174. The molecule has 0 aliphatic rings. The normalized spacial score (nSPS) is 10.5. The standard InChI is InChI=1S/C13H11BrN2O4/c14-11-5-12(16(19)20)13(18)15(7-11)6-9-1-3-10(8-17)4-2-9/h1-5,7,17H,6,8H2. The third-order valence-corrected chi connectivity index (χ3v) is 3.22. The van der Waals surface area contributed by atoms with Crippen molar-refractivity contribution in [3.05, 3.63) is 72.6 Å². The quantitative estimate of drug-likeness (QED) is 0.682. The van der Waals surface area contributed by atoms with Crippen molar-refractivity contribution in [2.75, 3.05) is 0 Å². The van der Waals surface area contributed by atoms with Gasteiger partial charge in [0.2, 0.25) is 0 Å². The zero-order valence-electron chi connectivity index (χ0n) is 10.3. The number of aliphatic hydroxyl groups is 1. The van der Waals surface area contributed by atoms with Crippen molar-refractivity contribution in [3.8, 4) is 0 Å². The minimum Gasteiger partial charge on any atom is -0.392 e. The van der Waals surface area contributed by atoms with Gasteiger partial charge in [-0.05, 0) is 27.1 Å². The molecule has 0 saturated heterocycles. The molecule has 0 fully saturated rings. The maximum Gasteiger partial charge on any atom is 0.335 e. The van der Waals surface area contributed by atoms with Gasteiger partial charge in [-0.15, -0.1) is 0 Å². The van der Waals surface area contributed by atoms with Gasteiger partial charge < -0.3 is 9.67 Å². The highest BCUT2D eigenvalue weighted by Gasteiger charge is 2.15. The molecule has 0 spiro atoms. The highest BCUT2D eigenvalue weighted by molar-refractivity contribution is 9.10. The molecule has 1 aromatic heterocycles. The largest absolute Gasteiger partial charge is 0.392 e. The van der Waals surface area contributed by atoms with E-state index in [1.54, 1.807) is 24.3 Å². The number of nitro groups is 1. The van der Waals surface area contributed by atoms with Crippen LogP contribution in [0.3, 0.4) is 0 Å². The number of halogens is 1. The fourth-order valence-corrected chi connectivity index (χ4v) is 2.24. The number of nitrogens with zero attached hydrogens (tertiary/aromatic N) is 2. The maximum absolute atomic E-state index is 12.0. The lowest BCUT2D eigenvalue weighted by Crippen LogP contribution is -2.22. The number of aliphatic hydroxyl groups excluding tert-OH is 1. The molecular formula is C13H11BrN2O4. The Morgan fingerprint density at radius 2 is 1.85 bits per heavy atom. The Morgan fingerprint density at radius 3 is 2.40 bits per heavy atom. The lowest BCUT2D eigenvalue weighted by molar-refractivity contribution is -0.386. The molecule has 0 unspecified atom stereocenters. The third-order valence-electron chi connectivity index (χ3n) is 2.79. The van der Waals surface area contributed by atoms with E-state index in [1.165, 1.54) is 16.8 Å². The van der Waals surface area contributed by atoms with Crippen LogP contribution in [0.2, 0.25) is 0 Å². The monoisotopic (exact) mass is 338 g/mol. The SMILES string of the molecule is O=c1c([N+](=O)[O-])cc(Br)cn1Cc1ccc(CO)cc1. The van der Waals surface area contributed by atoms with Gasteiger partial charge in [0.1, 0.15) is 0 Å². The minimum atomic E-state index is -0.696.